The average molecular weight is 213 g/mol. The molecule has 0 aliphatic heterocycles. The van der Waals surface area contributed by atoms with E-state index in [-0.39, 0.29) is 5.91 Å². The van der Waals surface area contributed by atoms with Gasteiger partial charge in [-0.1, -0.05) is 0 Å². The predicted molar refractivity (Wildman–Crippen MR) is 56.1 cm³/mol. The second-order valence-electron chi connectivity index (χ2n) is 3.14. The highest BCUT2D eigenvalue weighted by atomic mass is 35.5. The normalized spacial score (nSPS) is 12.2. The number of carbonyl (C=O) groups is 1. The first-order valence-electron chi connectivity index (χ1n) is 4.42. The molecule has 14 heavy (non-hydrogen) atoms. The number of hydrogen-bond donors (Lipinski definition) is 1. The molecule has 0 bridgehead atoms. The Morgan fingerprint density at radius 2 is 2.43 bits per heavy atom. The summed E-state index contributed by atoms with van der Waals surface area (Å²) in [5.74, 6) is -0.150. The lowest BCUT2D eigenvalue weighted by Gasteiger charge is -2.08. The Kier molecular flexibility index (Phi) is 3.89. The fourth-order valence-electron chi connectivity index (χ4n) is 1.02. The van der Waals surface area contributed by atoms with Crippen LogP contribution in [0.3, 0.4) is 0 Å². The van der Waals surface area contributed by atoms with Crippen LogP contribution in [0.5, 0.6) is 0 Å². The molecule has 4 heteroatoms. The lowest BCUT2D eigenvalue weighted by molar-refractivity contribution is -0.120. The average Bonchev–Trinajstić information content (AvgIpc) is 2.16. The SMILES string of the molecule is Cc1cnccc1CNC(=O)C(C)Cl. The smallest absolute Gasteiger partial charge is 0.238 e. The van der Waals surface area contributed by atoms with Crippen LogP contribution in [0.1, 0.15) is 18.1 Å². The number of pyridine rings is 1. The van der Waals surface area contributed by atoms with E-state index in [1.807, 2.05) is 13.0 Å². The summed E-state index contributed by atoms with van der Waals surface area (Å²) >= 11 is 5.61. The summed E-state index contributed by atoms with van der Waals surface area (Å²) in [5, 5.41) is 2.25. The van der Waals surface area contributed by atoms with Crippen LogP contribution in [0.15, 0.2) is 18.5 Å². The van der Waals surface area contributed by atoms with E-state index in [1.165, 1.54) is 0 Å². The zero-order valence-electron chi connectivity index (χ0n) is 8.25. The number of rotatable bonds is 3. The van der Waals surface area contributed by atoms with Gasteiger partial charge in [-0.25, -0.2) is 0 Å². The van der Waals surface area contributed by atoms with Gasteiger partial charge in [0.2, 0.25) is 5.91 Å². The van der Waals surface area contributed by atoms with Crippen molar-refractivity contribution in [1.29, 1.82) is 0 Å². The summed E-state index contributed by atoms with van der Waals surface area (Å²) in [6.45, 7) is 4.11. The van der Waals surface area contributed by atoms with Crippen molar-refractivity contribution in [3.63, 3.8) is 0 Å². The number of nitrogens with one attached hydrogen (secondary N) is 1. The molecular weight excluding hydrogens is 200 g/mol. The van der Waals surface area contributed by atoms with Gasteiger partial charge in [-0.05, 0) is 31.0 Å². The maximum Gasteiger partial charge on any atom is 0.238 e. The van der Waals surface area contributed by atoms with Gasteiger partial charge < -0.3 is 5.32 Å². The minimum Gasteiger partial charge on any atom is -0.351 e. The van der Waals surface area contributed by atoms with E-state index in [0.29, 0.717) is 6.54 Å². The Bertz CT molecular complexity index is 326. The third-order valence-corrected chi connectivity index (χ3v) is 2.15. The van der Waals surface area contributed by atoms with Gasteiger partial charge in [-0.2, -0.15) is 0 Å². The number of carbonyl (C=O) groups excluding carboxylic acids is 1. The summed E-state index contributed by atoms with van der Waals surface area (Å²) in [7, 11) is 0. The zero-order chi connectivity index (χ0) is 10.6. The van der Waals surface area contributed by atoms with Crippen molar-refractivity contribution in [2.75, 3.05) is 0 Å². The molecular formula is C10H13ClN2O. The molecule has 1 unspecified atom stereocenters. The molecule has 1 atom stereocenters. The second-order valence-corrected chi connectivity index (χ2v) is 3.79. The van der Waals surface area contributed by atoms with E-state index in [0.717, 1.165) is 11.1 Å². The van der Waals surface area contributed by atoms with Crippen molar-refractivity contribution in [2.45, 2.75) is 25.8 Å². The van der Waals surface area contributed by atoms with Crippen LogP contribution in [0.4, 0.5) is 0 Å². The highest BCUT2D eigenvalue weighted by molar-refractivity contribution is 6.30. The minimum absolute atomic E-state index is 0.150. The molecule has 1 N–H and O–H groups in total. The van der Waals surface area contributed by atoms with Gasteiger partial charge in [-0.3, -0.25) is 9.78 Å². The van der Waals surface area contributed by atoms with Crippen LogP contribution in [0.2, 0.25) is 0 Å². The first-order valence-corrected chi connectivity index (χ1v) is 4.86. The first-order chi connectivity index (χ1) is 6.61. The topological polar surface area (TPSA) is 42.0 Å². The molecule has 0 fully saturated rings. The van der Waals surface area contributed by atoms with E-state index in [4.69, 9.17) is 11.6 Å². The maximum atomic E-state index is 11.2. The Morgan fingerprint density at radius 3 is 3.00 bits per heavy atom. The Morgan fingerprint density at radius 1 is 1.71 bits per heavy atom. The molecule has 0 aromatic carbocycles. The molecule has 0 spiro atoms. The monoisotopic (exact) mass is 212 g/mol. The van der Waals surface area contributed by atoms with Crippen LogP contribution in [0.25, 0.3) is 0 Å². The lowest BCUT2D eigenvalue weighted by atomic mass is 10.1. The summed E-state index contributed by atoms with van der Waals surface area (Å²) in [6, 6.07) is 1.88. The fourth-order valence-corrected chi connectivity index (χ4v) is 1.10. The van der Waals surface area contributed by atoms with Gasteiger partial charge in [0.25, 0.3) is 0 Å². The Balaban J connectivity index is 2.54. The molecule has 3 nitrogen and oxygen atoms in total. The molecule has 1 aromatic heterocycles. The third-order valence-electron chi connectivity index (χ3n) is 1.95. The van der Waals surface area contributed by atoms with E-state index >= 15 is 0 Å². The number of amides is 1. The number of hydrogen-bond acceptors (Lipinski definition) is 2. The van der Waals surface area contributed by atoms with Crippen LogP contribution in [0, 0.1) is 6.92 Å². The maximum absolute atomic E-state index is 11.2. The summed E-state index contributed by atoms with van der Waals surface area (Å²) in [4.78, 5) is 15.1. The number of aromatic nitrogens is 1. The van der Waals surface area contributed by atoms with E-state index in [9.17, 15) is 4.79 Å². The molecule has 0 radical (unpaired) electrons. The number of halogens is 1. The van der Waals surface area contributed by atoms with Crippen molar-refractivity contribution >= 4 is 17.5 Å². The van der Waals surface area contributed by atoms with E-state index in [2.05, 4.69) is 10.3 Å². The summed E-state index contributed by atoms with van der Waals surface area (Å²) < 4.78 is 0. The predicted octanol–water partition coefficient (Wildman–Crippen LogP) is 1.63. The molecule has 0 aliphatic carbocycles. The molecule has 1 rings (SSSR count). The molecule has 0 aliphatic rings. The fraction of sp³-hybridized carbons (Fsp3) is 0.400. The van der Waals surface area contributed by atoms with Crippen molar-refractivity contribution < 1.29 is 4.79 Å². The minimum atomic E-state index is -0.489. The molecule has 0 saturated carbocycles. The standard InChI is InChI=1S/C10H13ClN2O/c1-7-5-12-4-3-9(7)6-13-10(14)8(2)11/h3-5,8H,6H2,1-2H3,(H,13,14). The van der Waals surface area contributed by atoms with Crippen molar-refractivity contribution in [2.24, 2.45) is 0 Å². The highest BCUT2D eigenvalue weighted by Crippen LogP contribution is 2.04. The quantitative estimate of drug-likeness (QED) is 0.774. The molecule has 0 saturated heterocycles. The van der Waals surface area contributed by atoms with Gasteiger partial charge in [0.15, 0.2) is 0 Å². The van der Waals surface area contributed by atoms with Crippen molar-refractivity contribution in [1.82, 2.24) is 10.3 Å². The zero-order valence-corrected chi connectivity index (χ0v) is 9.01. The van der Waals surface area contributed by atoms with Crippen molar-refractivity contribution in [3.8, 4) is 0 Å². The van der Waals surface area contributed by atoms with Gasteiger partial charge >= 0.3 is 0 Å². The van der Waals surface area contributed by atoms with Gasteiger partial charge in [-0.15, -0.1) is 11.6 Å². The molecule has 76 valence electrons. The largest absolute Gasteiger partial charge is 0.351 e. The Labute approximate surface area is 88.5 Å². The highest BCUT2D eigenvalue weighted by Gasteiger charge is 2.08. The van der Waals surface area contributed by atoms with Crippen molar-refractivity contribution in [3.05, 3.63) is 29.6 Å². The van der Waals surface area contributed by atoms with Gasteiger partial charge in [0, 0.05) is 18.9 Å². The van der Waals surface area contributed by atoms with Gasteiger partial charge in [0.05, 0.1) is 0 Å². The molecule has 1 aromatic rings. The van der Waals surface area contributed by atoms with E-state index < -0.39 is 5.38 Å². The third kappa shape index (κ3) is 3.00. The summed E-state index contributed by atoms with van der Waals surface area (Å²) in [6.07, 6.45) is 3.48. The van der Waals surface area contributed by atoms with Crippen LogP contribution >= 0.6 is 11.6 Å². The van der Waals surface area contributed by atoms with Crippen LogP contribution < -0.4 is 5.32 Å². The van der Waals surface area contributed by atoms with Crippen LogP contribution in [-0.2, 0) is 11.3 Å². The van der Waals surface area contributed by atoms with E-state index in [1.54, 1.807) is 19.3 Å². The number of aryl methyl sites for hydroxylation is 1. The van der Waals surface area contributed by atoms with Crippen LogP contribution in [-0.4, -0.2) is 16.3 Å². The second kappa shape index (κ2) is 4.96. The summed E-state index contributed by atoms with van der Waals surface area (Å²) in [5.41, 5.74) is 2.13. The Hall–Kier alpha value is -1.09. The lowest BCUT2D eigenvalue weighted by Crippen LogP contribution is -2.29. The number of alkyl halides is 1. The number of nitrogens with zero attached hydrogens (tertiary/aromatic N) is 1. The van der Waals surface area contributed by atoms with Gasteiger partial charge in [0.1, 0.15) is 5.38 Å². The first kappa shape index (κ1) is 11.0. The molecule has 1 amide bonds. The molecule has 1 heterocycles.